The van der Waals surface area contributed by atoms with Gasteiger partial charge in [-0.2, -0.15) is 0 Å². The maximum Gasteiger partial charge on any atom is 0.248 e. The molecule has 0 saturated carbocycles. The monoisotopic (exact) mass is 522 g/mol. The number of primary amides is 1. The molecule has 5 aromatic rings. The highest BCUT2D eigenvalue weighted by Crippen LogP contribution is 2.34. The highest BCUT2D eigenvalue weighted by molar-refractivity contribution is 6.10. The third-order valence-electron chi connectivity index (χ3n) is 7.06. The van der Waals surface area contributed by atoms with Crippen LogP contribution in [0, 0.1) is 5.41 Å². The first-order chi connectivity index (χ1) is 18.8. The minimum Gasteiger partial charge on any atom is -0.490 e. The molecule has 0 aliphatic heterocycles. The standard InChI is InChI=1S/C33H34N2O4/c1-33(2,20-22-10-14-25(15-11-22)39-26-16-12-23(13-17-26)32(34)37)19-18-24(36)21-38-30-9-5-8-29-31(30)27-6-3-4-7-28(27)35-29/h3-17,24,35-36H,18-21H2,1-2H3,(H2,34,37)/t24-/m0/s1. The quantitative estimate of drug-likeness (QED) is 0.174. The molecular formula is C33H34N2O4. The van der Waals surface area contributed by atoms with Gasteiger partial charge in [-0.05, 0) is 84.8 Å². The van der Waals surface area contributed by atoms with Crippen molar-refractivity contribution < 1.29 is 19.4 Å². The van der Waals surface area contributed by atoms with Crippen LogP contribution in [0.3, 0.4) is 0 Å². The summed E-state index contributed by atoms with van der Waals surface area (Å²) < 4.78 is 12.0. The predicted octanol–water partition coefficient (Wildman–Crippen LogP) is 7.00. The van der Waals surface area contributed by atoms with Crippen LogP contribution in [0.4, 0.5) is 0 Å². The van der Waals surface area contributed by atoms with Crippen LogP contribution in [0.25, 0.3) is 21.8 Å². The van der Waals surface area contributed by atoms with Crippen LogP contribution < -0.4 is 15.2 Å². The first kappa shape index (κ1) is 26.3. The molecule has 1 amide bonds. The fourth-order valence-corrected chi connectivity index (χ4v) is 4.95. The van der Waals surface area contributed by atoms with Crippen LogP contribution in [0.15, 0.2) is 91.0 Å². The largest absolute Gasteiger partial charge is 0.490 e. The van der Waals surface area contributed by atoms with E-state index in [0.29, 0.717) is 17.7 Å². The smallest absolute Gasteiger partial charge is 0.248 e. The van der Waals surface area contributed by atoms with E-state index in [-0.39, 0.29) is 12.0 Å². The molecule has 4 N–H and O–H groups in total. The van der Waals surface area contributed by atoms with E-state index in [1.54, 1.807) is 24.3 Å². The molecule has 0 spiro atoms. The number of ether oxygens (including phenoxy) is 2. The molecule has 200 valence electrons. The Morgan fingerprint density at radius 3 is 2.28 bits per heavy atom. The van der Waals surface area contributed by atoms with E-state index in [4.69, 9.17) is 15.2 Å². The molecule has 4 aromatic carbocycles. The van der Waals surface area contributed by atoms with Crippen molar-refractivity contribution in [2.45, 2.75) is 39.2 Å². The van der Waals surface area contributed by atoms with Crippen LogP contribution >= 0.6 is 0 Å². The van der Waals surface area contributed by atoms with Crippen LogP contribution in [-0.4, -0.2) is 28.7 Å². The number of para-hydroxylation sites is 1. The van der Waals surface area contributed by atoms with Gasteiger partial charge < -0.3 is 25.3 Å². The number of nitrogens with two attached hydrogens (primary N) is 1. The Labute approximate surface area is 228 Å². The number of carbonyl (C=O) groups is 1. The number of rotatable bonds is 11. The van der Waals surface area contributed by atoms with Gasteiger partial charge in [0, 0.05) is 21.9 Å². The van der Waals surface area contributed by atoms with Gasteiger partial charge in [-0.25, -0.2) is 0 Å². The minimum absolute atomic E-state index is 0.00476. The summed E-state index contributed by atoms with van der Waals surface area (Å²) in [6.07, 6.45) is 1.84. The summed E-state index contributed by atoms with van der Waals surface area (Å²) in [7, 11) is 0. The fourth-order valence-electron chi connectivity index (χ4n) is 4.95. The molecule has 0 bridgehead atoms. The Bertz CT molecular complexity index is 1570. The number of carbonyl (C=O) groups excluding carboxylic acids is 1. The van der Waals surface area contributed by atoms with Crippen molar-refractivity contribution in [2.75, 3.05) is 6.61 Å². The summed E-state index contributed by atoms with van der Waals surface area (Å²) in [5.74, 6) is 1.69. The zero-order chi connectivity index (χ0) is 27.4. The number of H-pyrrole nitrogens is 1. The molecular weight excluding hydrogens is 488 g/mol. The Hall–Kier alpha value is -4.29. The summed E-state index contributed by atoms with van der Waals surface area (Å²) in [5.41, 5.74) is 9.05. The predicted molar refractivity (Wildman–Crippen MR) is 156 cm³/mol. The molecule has 0 radical (unpaired) electrons. The van der Waals surface area contributed by atoms with Crippen LogP contribution in [0.5, 0.6) is 17.2 Å². The highest BCUT2D eigenvalue weighted by atomic mass is 16.5. The Morgan fingerprint density at radius 1 is 0.897 bits per heavy atom. The van der Waals surface area contributed by atoms with Gasteiger partial charge in [0.1, 0.15) is 23.9 Å². The summed E-state index contributed by atoms with van der Waals surface area (Å²) in [6, 6.07) is 28.9. The molecule has 6 nitrogen and oxygen atoms in total. The molecule has 1 aromatic heterocycles. The summed E-state index contributed by atoms with van der Waals surface area (Å²) in [4.78, 5) is 14.7. The number of hydrogen-bond acceptors (Lipinski definition) is 4. The second kappa shape index (κ2) is 11.2. The zero-order valence-corrected chi connectivity index (χ0v) is 22.3. The van der Waals surface area contributed by atoms with Crippen molar-refractivity contribution in [1.29, 1.82) is 0 Å². The molecule has 0 saturated heterocycles. The van der Waals surface area contributed by atoms with Gasteiger partial charge in [0.25, 0.3) is 0 Å². The normalized spacial score (nSPS) is 12.5. The number of aromatic nitrogens is 1. The van der Waals surface area contributed by atoms with E-state index in [1.165, 1.54) is 5.56 Å². The number of nitrogens with one attached hydrogen (secondary N) is 1. The topological polar surface area (TPSA) is 97.6 Å². The molecule has 0 aliphatic rings. The summed E-state index contributed by atoms with van der Waals surface area (Å²) in [6.45, 7) is 4.69. The number of benzene rings is 4. The molecule has 6 heteroatoms. The van der Waals surface area contributed by atoms with Crippen molar-refractivity contribution >= 4 is 27.7 Å². The Balaban J connectivity index is 1.13. The summed E-state index contributed by atoms with van der Waals surface area (Å²) >= 11 is 0. The van der Waals surface area contributed by atoms with E-state index < -0.39 is 12.0 Å². The maximum atomic E-state index is 11.2. The van der Waals surface area contributed by atoms with E-state index in [1.807, 2.05) is 42.5 Å². The first-order valence-electron chi connectivity index (χ1n) is 13.2. The molecule has 0 fully saturated rings. The van der Waals surface area contributed by atoms with Gasteiger partial charge >= 0.3 is 0 Å². The van der Waals surface area contributed by atoms with Crippen LogP contribution in [-0.2, 0) is 6.42 Å². The average Bonchev–Trinajstić information content (AvgIpc) is 3.31. The number of aliphatic hydroxyl groups is 1. The molecule has 39 heavy (non-hydrogen) atoms. The number of fused-ring (bicyclic) bond motifs is 3. The lowest BCUT2D eigenvalue weighted by Crippen LogP contribution is -2.22. The number of aliphatic hydroxyl groups excluding tert-OH is 1. The second-order valence-corrected chi connectivity index (χ2v) is 10.8. The third-order valence-corrected chi connectivity index (χ3v) is 7.06. The van der Waals surface area contributed by atoms with Crippen molar-refractivity contribution in [1.82, 2.24) is 4.98 Å². The Morgan fingerprint density at radius 2 is 1.56 bits per heavy atom. The van der Waals surface area contributed by atoms with Gasteiger partial charge in [0.2, 0.25) is 5.91 Å². The van der Waals surface area contributed by atoms with Gasteiger partial charge in [0.15, 0.2) is 0 Å². The number of aromatic amines is 1. The van der Waals surface area contributed by atoms with Crippen molar-refractivity contribution in [2.24, 2.45) is 11.1 Å². The molecule has 5 rings (SSSR count). The van der Waals surface area contributed by atoms with E-state index in [2.05, 4.69) is 43.1 Å². The number of hydrogen-bond donors (Lipinski definition) is 3. The highest BCUT2D eigenvalue weighted by Gasteiger charge is 2.21. The SMILES string of the molecule is CC(C)(CC[C@H](O)COc1cccc2[nH]c3ccccc3c12)Cc1ccc(Oc2ccc(C(N)=O)cc2)cc1. The van der Waals surface area contributed by atoms with Crippen molar-refractivity contribution in [3.05, 3.63) is 102 Å². The van der Waals surface area contributed by atoms with Crippen molar-refractivity contribution in [3.63, 3.8) is 0 Å². The summed E-state index contributed by atoms with van der Waals surface area (Å²) in [5, 5.41) is 12.9. The molecule has 0 unspecified atom stereocenters. The van der Waals surface area contributed by atoms with Gasteiger partial charge in [0.05, 0.1) is 11.6 Å². The lowest BCUT2D eigenvalue weighted by atomic mass is 9.81. The third kappa shape index (κ3) is 6.41. The lowest BCUT2D eigenvalue weighted by Gasteiger charge is -2.26. The van der Waals surface area contributed by atoms with E-state index in [9.17, 15) is 9.90 Å². The van der Waals surface area contributed by atoms with Crippen molar-refractivity contribution in [3.8, 4) is 17.2 Å². The van der Waals surface area contributed by atoms with E-state index in [0.717, 1.165) is 46.1 Å². The van der Waals surface area contributed by atoms with Crippen LogP contribution in [0.2, 0.25) is 0 Å². The Kier molecular flexibility index (Phi) is 7.57. The lowest BCUT2D eigenvalue weighted by molar-refractivity contribution is 0.0877. The maximum absolute atomic E-state index is 11.2. The van der Waals surface area contributed by atoms with E-state index >= 15 is 0 Å². The minimum atomic E-state index is -0.554. The average molecular weight is 523 g/mol. The fraction of sp³-hybridized carbons (Fsp3) is 0.242. The van der Waals surface area contributed by atoms with Gasteiger partial charge in [-0.3, -0.25) is 4.79 Å². The molecule has 0 aliphatic carbocycles. The van der Waals surface area contributed by atoms with Gasteiger partial charge in [-0.15, -0.1) is 0 Å². The number of amides is 1. The molecule has 1 atom stereocenters. The molecule has 1 heterocycles. The van der Waals surface area contributed by atoms with Gasteiger partial charge in [-0.1, -0.05) is 50.2 Å². The first-order valence-corrected chi connectivity index (χ1v) is 13.2. The second-order valence-electron chi connectivity index (χ2n) is 10.8. The van der Waals surface area contributed by atoms with Crippen LogP contribution in [0.1, 0.15) is 42.6 Å². The zero-order valence-electron chi connectivity index (χ0n) is 22.3.